The molecule has 3 aromatic carbocycles. The molecular weight excluding hydrogens is 392 g/mol. The first-order valence-electron chi connectivity index (χ1n) is 10.4. The summed E-state index contributed by atoms with van der Waals surface area (Å²) in [6, 6.07) is 19.5. The van der Waals surface area contributed by atoms with Crippen LogP contribution in [0.15, 0.2) is 60.7 Å². The van der Waals surface area contributed by atoms with E-state index in [9.17, 15) is 9.59 Å². The molecule has 1 saturated heterocycles. The number of likely N-dealkylation sites (tertiary alicyclic amines) is 1. The van der Waals surface area contributed by atoms with E-state index >= 15 is 0 Å². The van der Waals surface area contributed by atoms with Crippen LogP contribution < -0.4 is 15.2 Å². The minimum Gasteiger partial charge on any atom is -0.496 e. The van der Waals surface area contributed by atoms with Crippen molar-refractivity contribution in [2.45, 2.75) is 19.4 Å². The minimum atomic E-state index is -0.287. The van der Waals surface area contributed by atoms with Crippen molar-refractivity contribution < 1.29 is 19.1 Å². The van der Waals surface area contributed by atoms with Gasteiger partial charge in [-0.15, -0.1) is 0 Å². The van der Waals surface area contributed by atoms with Gasteiger partial charge in [0, 0.05) is 30.1 Å². The summed E-state index contributed by atoms with van der Waals surface area (Å²) in [5.74, 6) is 0.934. The second-order valence-electron chi connectivity index (χ2n) is 7.79. The molecular formula is C25H26N2O4. The SMILES string of the molecule is COc1ccc(C(=O)N2CCC(C(N)=O)CC2)cc1COc1ccc2ccccc2c1. The third kappa shape index (κ3) is 4.63. The Kier molecular flexibility index (Phi) is 6.07. The fourth-order valence-corrected chi connectivity index (χ4v) is 3.99. The Morgan fingerprint density at radius 3 is 2.45 bits per heavy atom. The zero-order valence-corrected chi connectivity index (χ0v) is 17.5. The van der Waals surface area contributed by atoms with Gasteiger partial charge in [0.15, 0.2) is 0 Å². The molecule has 0 atom stereocenters. The Balaban J connectivity index is 1.48. The molecule has 0 spiro atoms. The van der Waals surface area contributed by atoms with Crippen molar-refractivity contribution in [1.29, 1.82) is 0 Å². The third-order valence-electron chi connectivity index (χ3n) is 5.83. The minimum absolute atomic E-state index is 0.0578. The van der Waals surface area contributed by atoms with Crippen molar-refractivity contribution in [3.63, 3.8) is 0 Å². The first-order valence-corrected chi connectivity index (χ1v) is 10.4. The van der Waals surface area contributed by atoms with Crippen LogP contribution in [0.2, 0.25) is 0 Å². The van der Waals surface area contributed by atoms with Gasteiger partial charge in [0.1, 0.15) is 18.1 Å². The van der Waals surface area contributed by atoms with E-state index < -0.39 is 0 Å². The van der Waals surface area contributed by atoms with Gasteiger partial charge in [0.05, 0.1) is 7.11 Å². The smallest absolute Gasteiger partial charge is 0.253 e. The number of hydrogen-bond acceptors (Lipinski definition) is 4. The number of benzene rings is 3. The summed E-state index contributed by atoms with van der Waals surface area (Å²) < 4.78 is 11.5. The molecule has 3 aromatic rings. The number of ether oxygens (including phenoxy) is 2. The van der Waals surface area contributed by atoms with Crippen LogP contribution in [0.5, 0.6) is 11.5 Å². The Morgan fingerprint density at radius 2 is 1.74 bits per heavy atom. The van der Waals surface area contributed by atoms with Gasteiger partial charge in [-0.1, -0.05) is 30.3 Å². The molecule has 1 heterocycles. The number of carbonyl (C=O) groups excluding carboxylic acids is 2. The number of nitrogens with two attached hydrogens (primary N) is 1. The molecule has 1 aliphatic heterocycles. The van der Waals surface area contributed by atoms with E-state index in [1.54, 1.807) is 24.1 Å². The number of fused-ring (bicyclic) bond motifs is 1. The van der Waals surface area contributed by atoms with E-state index in [0.717, 1.165) is 22.1 Å². The average molecular weight is 418 g/mol. The summed E-state index contributed by atoms with van der Waals surface area (Å²) in [5, 5.41) is 2.26. The molecule has 0 aliphatic carbocycles. The molecule has 0 bridgehead atoms. The van der Waals surface area contributed by atoms with Crippen molar-refractivity contribution in [1.82, 2.24) is 4.90 Å². The van der Waals surface area contributed by atoms with Gasteiger partial charge in [-0.05, 0) is 53.9 Å². The van der Waals surface area contributed by atoms with Crippen molar-refractivity contribution in [2.75, 3.05) is 20.2 Å². The van der Waals surface area contributed by atoms with Gasteiger partial charge in [-0.25, -0.2) is 0 Å². The Morgan fingerprint density at radius 1 is 1.00 bits per heavy atom. The van der Waals surface area contributed by atoms with E-state index in [-0.39, 0.29) is 24.3 Å². The summed E-state index contributed by atoms with van der Waals surface area (Å²) in [6.07, 6.45) is 1.21. The van der Waals surface area contributed by atoms with Gasteiger partial charge in [-0.2, -0.15) is 0 Å². The largest absolute Gasteiger partial charge is 0.496 e. The maximum atomic E-state index is 13.0. The second-order valence-corrected chi connectivity index (χ2v) is 7.79. The van der Waals surface area contributed by atoms with E-state index in [1.807, 2.05) is 42.5 Å². The number of methoxy groups -OCH3 is 1. The normalized spacial score (nSPS) is 14.4. The second kappa shape index (κ2) is 9.08. The Labute approximate surface area is 181 Å². The summed E-state index contributed by atoms with van der Waals surface area (Å²) >= 11 is 0. The fraction of sp³-hybridized carbons (Fsp3) is 0.280. The highest BCUT2D eigenvalue weighted by Gasteiger charge is 2.26. The highest BCUT2D eigenvalue weighted by atomic mass is 16.5. The monoisotopic (exact) mass is 418 g/mol. The standard InChI is InChI=1S/C25H26N2O4/c1-30-23-9-7-20(25(29)27-12-10-18(11-13-27)24(26)28)14-21(23)16-31-22-8-6-17-4-2-3-5-19(17)15-22/h2-9,14-15,18H,10-13,16H2,1H3,(H2,26,28). The number of hydrogen-bond donors (Lipinski definition) is 1. The van der Waals surface area contributed by atoms with Crippen LogP contribution in [-0.2, 0) is 11.4 Å². The zero-order valence-electron chi connectivity index (χ0n) is 17.5. The number of carbonyl (C=O) groups is 2. The van der Waals surface area contributed by atoms with Gasteiger partial charge in [0.2, 0.25) is 5.91 Å². The molecule has 1 fully saturated rings. The number of primary amides is 1. The quantitative estimate of drug-likeness (QED) is 0.661. The lowest BCUT2D eigenvalue weighted by molar-refractivity contribution is -0.123. The summed E-state index contributed by atoms with van der Waals surface area (Å²) in [5.41, 5.74) is 6.77. The van der Waals surface area contributed by atoms with Crippen LogP contribution in [0, 0.1) is 5.92 Å². The maximum absolute atomic E-state index is 13.0. The molecule has 2 amide bonds. The predicted molar refractivity (Wildman–Crippen MR) is 119 cm³/mol. The van der Waals surface area contributed by atoms with E-state index in [2.05, 4.69) is 6.07 Å². The van der Waals surface area contributed by atoms with Crippen LogP contribution in [0.25, 0.3) is 10.8 Å². The van der Waals surface area contributed by atoms with Crippen LogP contribution in [0.4, 0.5) is 0 Å². The Bertz CT molecular complexity index is 1100. The van der Waals surface area contributed by atoms with E-state index in [0.29, 0.717) is 37.2 Å². The molecule has 1 aliphatic rings. The zero-order chi connectivity index (χ0) is 21.8. The average Bonchev–Trinajstić information content (AvgIpc) is 2.82. The first kappa shape index (κ1) is 20.7. The number of rotatable bonds is 6. The summed E-state index contributed by atoms with van der Waals surface area (Å²) in [7, 11) is 1.60. The van der Waals surface area contributed by atoms with Crippen LogP contribution in [0.3, 0.4) is 0 Å². The van der Waals surface area contributed by atoms with E-state index in [4.69, 9.17) is 15.2 Å². The molecule has 0 radical (unpaired) electrons. The van der Waals surface area contributed by atoms with Crippen molar-refractivity contribution in [2.24, 2.45) is 11.7 Å². The van der Waals surface area contributed by atoms with E-state index in [1.165, 1.54) is 0 Å². The highest BCUT2D eigenvalue weighted by Crippen LogP contribution is 2.26. The molecule has 6 nitrogen and oxygen atoms in total. The van der Waals surface area contributed by atoms with Gasteiger partial charge in [-0.3, -0.25) is 9.59 Å². The number of amides is 2. The summed E-state index contributed by atoms with van der Waals surface area (Å²) in [6.45, 7) is 1.34. The molecule has 6 heteroatoms. The Hall–Kier alpha value is -3.54. The van der Waals surface area contributed by atoms with Crippen molar-refractivity contribution >= 4 is 22.6 Å². The molecule has 2 N–H and O–H groups in total. The predicted octanol–water partition coefficient (Wildman–Crippen LogP) is 3.76. The molecule has 0 unspecified atom stereocenters. The lowest BCUT2D eigenvalue weighted by Gasteiger charge is -2.30. The molecule has 31 heavy (non-hydrogen) atoms. The number of nitrogens with zero attached hydrogens (tertiary/aromatic N) is 1. The van der Waals surface area contributed by atoms with Crippen molar-refractivity contribution in [3.05, 3.63) is 71.8 Å². The van der Waals surface area contributed by atoms with Crippen LogP contribution in [0.1, 0.15) is 28.8 Å². The van der Waals surface area contributed by atoms with Crippen LogP contribution >= 0.6 is 0 Å². The lowest BCUT2D eigenvalue weighted by Crippen LogP contribution is -2.41. The third-order valence-corrected chi connectivity index (χ3v) is 5.83. The van der Waals surface area contributed by atoms with Gasteiger partial charge >= 0.3 is 0 Å². The topological polar surface area (TPSA) is 81.9 Å². The van der Waals surface area contributed by atoms with Gasteiger partial charge < -0.3 is 20.1 Å². The molecule has 0 aromatic heterocycles. The maximum Gasteiger partial charge on any atom is 0.253 e. The lowest BCUT2D eigenvalue weighted by atomic mass is 9.95. The van der Waals surface area contributed by atoms with Crippen LogP contribution in [-0.4, -0.2) is 36.9 Å². The number of piperidine rings is 1. The first-order chi connectivity index (χ1) is 15.0. The molecule has 0 saturated carbocycles. The van der Waals surface area contributed by atoms with Crippen molar-refractivity contribution in [3.8, 4) is 11.5 Å². The molecule has 160 valence electrons. The summed E-state index contributed by atoms with van der Waals surface area (Å²) in [4.78, 5) is 26.1. The fourth-order valence-electron chi connectivity index (χ4n) is 3.99. The van der Waals surface area contributed by atoms with Gasteiger partial charge in [0.25, 0.3) is 5.91 Å². The molecule has 4 rings (SSSR count). The highest BCUT2D eigenvalue weighted by molar-refractivity contribution is 5.95.